The van der Waals surface area contributed by atoms with Crippen LogP contribution in [0, 0.1) is 5.92 Å². The fourth-order valence-electron chi connectivity index (χ4n) is 3.08. The Bertz CT molecular complexity index is 1120. The van der Waals surface area contributed by atoms with Crippen LogP contribution in [0.25, 0.3) is 0 Å². The summed E-state index contributed by atoms with van der Waals surface area (Å²) in [7, 11) is 0. The molecular weight excluding hydrogens is 438 g/mol. The number of ether oxygens (including phenoxy) is 1. The molecule has 6 nitrogen and oxygen atoms in total. The van der Waals surface area contributed by atoms with Crippen LogP contribution < -0.4 is 15.5 Å². The number of nitrogens with zero attached hydrogens (tertiary/aromatic N) is 1. The first kappa shape index (κ1) is 24.0. The van der Waals surface area contributed by atoms with E-state index in [0.29, 0.717) is 22.9 Å². The van der Waals surface area contributed by atoms with E-state index in [4.69, 9.17) is 16.3 Å². The number of para-hydroxylation sites is 1. The number of hydrogen-bond acceptors (Lipinski definition) is 4. The van der Waals surface area contributed by atoms with Crippen molar-refractivity contribution >= 4 is 29.6 Å². The van der Waals surface area contributed by atoms with E-state index in [1.54, 1.807) is 24.3 Å². The summed E-state index contributed by atoms with van der Waals surface area (Å²) in [4.78, 5) is 25.2. The van der Waals surface area contributed by atoms with Crippen molar-refractivity contribution in [3.8, 4) is 5.75 Å². The molecular formula is C26H26ClN3O3. The zero-order valence-electron chi connectivity index (χ0n) is 18.5. The fraction of sp³-hybridized carbons (Fsp3) is 0.192. The van der Waals surface area contributed by atoms with Crippen molar-refractivity contribution in [1.29, 1.82) is 0 Å². The van der Waals surface area contributed by atoms with Crippen molar-refractivity contribution in [2.24, 2.45) is 11.0 Å². The van der Waals surface area contributed by atoms with E-state index in [1.165, 1.54) is 6.21 Å². The summed E-state index contributed by atoms with van der Waals surface area (Å²) in [6.45, 7) is 4.11. The summed E-state index contributed by atoms with van der Waals surface area (Å²) in [6, 6.07) is 23.1. The molecule has 3 aromatic rings. The molecule has 2 N–H and O–H groups in total. The first-order valence-corrected chi connectivity index (χ1v) is 11.0. The Labute approximate surface area is 198 Å². The summed E-state index contributed by atoms with van der Waals surface area (Å²) in [5.74, 6) is -0.298. The van der Waals surface area contributed by atoms with E-state index in [1.807, 2.05) is 68.4 Å². The summed E-state index contributed by atoms with van der Waals surface area (Å²) >= 11 is 5.96. The predicted octanol–water partition coefficient (Wildman–Crippen LogP) is 4.82. The van der Waals surface area contributed by atoms with Gasteiger partial charge in [-0.05, 0) is 41.8 Å². The molecule has 2 amide bonds. The molecule has 0 spiro atoms. The molecule has 0 aliphatic heterocycles. The van der Waals surface area contributed by atoms with E-state index in [2.05, 4.69) is 15.8 Å². The van der Waals surface area contributed by atoms with Crippen LogP contribution >= 0.6 is 11.6 Å². The highest BCUT2D eigenvalue weighted by Gasteiger charge is 2.24. The smallest absolute Gasteiger partial charge is 0.262 e. The minimum Gasteiger partial charge on any atom is -0.488 e. The second-order valence-electron chi connectivity index (χ2n) is 7.75. The Morgan fingerprint density at radius 3 is 2.45 bits per heavy atom. The molecule has 0 aliphatic carbocycles. The Morgan fingerprint density at radius 2 is 1.73 bits per heavy atom. The Hall–Kier alpha value is -3.64. The monoisotopic (exact) mass is 463 g/mol. The predicted molar refractivity (Wildman–Crippen MR) is 130 cm³/mol. The first-order valence-electron chi connectivity index (χ1n) is 10.6. The molecule has 1 unspecified atom stereocenters. The van der Waals surface area contributed by atoms with E-state index in [0.717, 1.165) is 11.1 Å². The molecule has 0 saturated carbocycles. The number of carbonyl (C=O) groups excluding carboxylic acids is 2. The molecule has 170 valence electrons. The molecule has 0 aromatic heterocycles. The zero-order chi connectivity index (χ0) is 23.6. The number of hydrazone groups is 1. The molecule has 0 bridgehead atoms. The maximum absolute atomic E-state index is 12.7. The van der Waals surface area contributed by atoms with Gasteiger partial charge < -0.3 is 10.1 Å². The second-order valence-corrected chi connectivity index (χ2v) is 8.19. The van der Waals surface area contributed by atoms with Crippen molar-refractivity contribution in [1.82, 2.24) is 10.7 Å². The van der Waals surface area contributed by atoms with Gasteiger partial charge in [0.15, 0.2) is 0 Å². The zero-order valence-corrected chi connectivity index (χ0v) is 19.3. The molecule has 7 heteroatoms. The van der Waals surface area contributed by atoms with Crippen LogP contribution in [-0.2, 0) is 11.4 Å². The van der Waals surface area contributed by atoms with Gasteiger partial charge in [-0.3, -0.25) is 9.59 Å². The average Bonchev–Trinajstić information content (AvgIpc) is 2.82. The average molecular weight is 464 g/mol. The number of amides is 2. The SMILES string of the molecule is CC(C)C(NC(=O)c1cccc(Cl)c1)C(=O)N/N=C/c1ccccc1OCc1ccccc1. The van der Waals surface area contributed by atoms with E-state index < -0.39 is 11.9 Å². The molecule has 0 aliphatic rings. The summed E-state index contributed by atoms with van der Waals surface area (Å²) < 4.78 is 5.91. The molecule has 0 fully saturated rings. The van der Waals surface area contributed by atoms with Gasteiger partial charge >= 0.3 is 0 Å². The highest BCUT2D eigenvalue weighted by molar-refractivity contribution is 6.31. The molecule has 3 rings (SSSR count). The minimum atomic E-state index is -0.766. The third-order valence-corrected chi connectivity index (χ3v) is 5.09. The van der Waals surface area contributed by atoms with Crippen molar-refractivity contribution < 1.29 is 14.3 Å². The molecule has 1 atom stereocenters. The molecule has 33 heavy (non-hydrogen) atoms. The third kappa shape index (κ3) is 7.19. The van der Waals surface area contributed by atoms with Gasteiger partial charge in [0.2, 0.25) is 0 Å². The number of rotatable bonds is 9. The van der Waals surface area contributed by atoms with Gasteiger partial charge in [0.1, 0.15) is 18.4 Å². The lowest BCUT2D eigenvalue weighted by Gasteiger charge is -2.20. The maximum Gasteiger partial charge on any atom is 0.262 e. The minimum absolute atomic E-state index is 0.148. The van der Waals surface area contributed by atoms with E-state index in [-0.39, 0.29) is 11.8 Å². The van der Waals surface area contributed by atoms with Crippen molar-refractivity contribution in [2.75, 3.05) is 0 Å². The lowest BCUT2D eigenvalue weighted by Crippen LogP contribution is -2.48. The Morgan fingerprint density at radius 1 is 1.00 bits per heavy atom. The standard InChI is InChI=1S/C26H26ClN3O3/c1-18(2)24(29-25(31)20-12-8-13-22(27)15-20)26(32)30-28-16-21-11-6-7-14-23(21)33-17-19-9-4-3-5-10-19/h3-16,18,24H,17H2,1-2H3,(H,29,31)(H,30,32)/b28-16+. The third-order valence-electron chi connectivity index (χ3n) is 4.86. The number of benzene rings is 3. The van der Waals surface area contributed by atoms with Crippen LogP contribution in [0.3, 0.4) is 0 Å². The van der Waals surface area contributed by atoms with Crippen LogP contribution in [-0.4, -0.2) is 24.1 Å². The summed E-state index contributed by atoms with van der Waals surface area (Å²) in [6.07, 6.45) is 1.52. The van der Waals surface area contributed by atoms with Crippen LogP contribution in [0.15, 0.2) is 84.0 Å². The number of nitrogens with one attached hydrogen (secondary N) is 2. The fourth-order valence-corrected chi connectivity index (χ4v) is 3.27. The van der Waals surface area contributed by atoms with Crippen LogP contribution in [0.4, 0.5) is 0 Å². The van der Waals surface area contributed by atoms with Crippen LogP contribution in [0.1, 0.15) is 35.3 Å². The highest BCUT2D eigenvalue weighted by Crippen LogP contribution is 2.17. The maximum atomic E-state index is 12.7. The number of hydrogen-bond donors (Lipinski definition) is 2. The summed E-state index contributed by atoms with van der Waals surface area (Å²) in [5.41, 5.74) is 4.67. The Kier molecular flexibility index (Phi) is 8.61. The normalized spacial score (nSPS) is 11.9. The largest absolute Gasteiger partial charge is 0.488 e. The van der Waals surface area contributed by atoms with Crippen LogP contribution in [0.2, 0.25) is 5.02 Å². The lowest BCUT2D eigenvalue weighted by atomic mass is 10.0. The van der Waals surface area contributed by atoms with Gasteiger partial charge in [-0.15, -0.1) is 0 Å². The van der Waals surface area contributed by atoms with Gasteiger partial charge in [0, 0.05) is 16.1 Å². The lowest BCUT2D eigenvalue weighted by molar-refractivity contribution is -0.123. The van der Waals surface area contributed by atoms with Crippen molar-refractivity contribution in [3.63, 3.8) is 0 Å². The number of carbonyl (C=O) groups is 2. The van der Waals surface area contributed by atoms with Gasteiger partial charge in [-0.1, -0.05) is 74.0 Å². The topological polar surface area (TPSA) is 79.8 Å². The van der Waals surface area contributed by atoms with Gasteiger partial charge in [-0.25, -0.2) is 5.43 Å². The van der Waals surface area contributed by atoms with Gasteiger partial charge in [-0.2, -0.15) is 5.10 Å². The summed E-state index contributed by atoms with van der Waals surface area (Å²) in [5, 5.41) is 7.28. The Balaban J connectivity index is 1.62. The van der Waals surface area contributed by atoms with Crippen LogP contribution in [0.5, 0.6) is 5.75 Å². The van der Waals surface area contributed by atoms with Crippen molar-refractivity contribution in [3.05, 3.63) is 101 Å². The van der Waals surface area contributed by atoms with Crippen molar-refractivity contribution in [2.45, 2.75) is 26.5 Å². The molecule has 0 radical (unpaired) electrons. The highest BCUT2D eigenvalue weighted by atomic mass is 35.5. The molecule has 3 aromatic carbocycles. The first-order chi connectivity index (χ1) is 15.9. The van der Waals surface area contributed by atoms with E-state index in [9.17, 15) is 9.59 Å². The van der Waals surface area contributed by atoms with Gasteiger partial charge in [0.05, 0.1) is 6.21 Å². The number of halogens is 1. The molecule has 0 heterocycles. The quantitative estimate of drug-likeness (QED) is 0.352. The van der Waals surface area contributed by atoms with Gasteiger partial charge in [0.25, 0.3) is 11.8 Å². The van der Waals surface area contributed by atoms with E-state index >= 15 is 0 Å². The second kappa shape index (κ2) is 11.8. The molecule has 0 saturated heterocycles.